The van der Waals surface area contributed by atoms with Crippen molar-refractivity contribution in [1.29, 1.82) is 0 Å². The second-order valence-electron chi connectivity index (χ2n) is 8.95. The molecular formula is C35H26S. The number of hydrogen-bond acceptors (Lipinski definition) is 1. The molecule has 6 rings (SSSR count). The zero-order chi connectivity index (χ0) is 24.2. The first-order chi connectivity index (χ1) is 17.9. The van der Waals surface area contributed by atoms with Gasteiger partial charge in [-0.1, -0.05) is 121 Å². The van der Waals surface area contributed by atoms with E-state index in [9.17, 15) is 0 Å². The summed E-state index contributed by atoms with van der Waals surface area (Å²) in [6.07, 6.45) is 3.31. The van der Waals surface area contributed by atoms with E-state index < -0.39 is 0 Å². The fourth-order valence-corrected chi connectivity index (χ4v) is 5.67. The van der Waals surface area contributed by atoms with E-state index in [0.717, 1.165) is 6.42 Å². The normalized spacial score (nSPS) is 10.9. The van der Waals surface area contributed by atoms with E-state index in [1.54, 1.807) is 0 Å². The van der Waals surface area contributed by atoms with Crippen LogP contribution in [-0.2, 0) is 6.42 Å². The van der Waals surface area contributed by atoms with E-state index in [-0.39, 0.29) is 0 Å². The van der Waals surface area contributed by atoms with Crippen molar-refractivity contribution in [3.05, 3.63) is 166 Å². The first-order valence-corrected chi connectivity index (χ1v) is 13.2. The molecular weight excluding hydrogens is 452 g/mol. The van der Waals surface area contributed by atoms with Crippen molar-refractivity contribution in [2.24, 2.45) is 0 Å². The molecule has 5 aromatic carbocycles. The summed E-state index contributed by atoms with van der Waals surface area (Å²) >= 11 is 1.83. The summed E-state index contributed by atoms with van der Waals surface area (Å²) < 4.78 is 0. The second-order valence-corrected chi connectivity index (χ2v) is 9.98. The van der Waals surface area contributed by atoms with Crippen molar-refractivity contribution in [2.75, 3.05) is 0 Å². The Morgan fingerprint density at radius 1 is 0.583 bits per heavy atom. The van der Waals surface area contributed by atoms with Gasteiger partial charge in [0.25, 0.3) is 0 Å². The molecule has 6 aromatic rings. The zero-order valence-electron chi connectivity index (χ0n) is 20.0. The van der Waals surface area contributed by atoms with Gasteiger partial charge in [0.1, 0.15) is 0 Å². The first-order valence-electron chi connectivity index (χ1n) is 12.3. The lowest BCUT2D eigenvalue weighted by molar-refractivity contribution is 1.26. The summed E-state index contributed by atoms with van der Waals surface area (Å²) in [6.45, 7) is 0. The maximum Gasteiger partial charge on any atom is 0.00894 e. The summed E-state index contributed by atoms with van der Waals surface area (Å²) in [5.74, 6) is 0. The smallest absolute Gasteiger partial charge is 0.00894 e. The molecule has 36 heavy (non-hydrogen) atoms. The van der Waals surface area contributed by atoms with Crippen molar-refractivity contribution in [1.82, 2.24) is 0 Å². The molecule has 0 aliphatic rings. The van der Waals surface area contributed by atoms with Crippen molar-refractivity contribution in [3.63, 3.8) is 0 Å². The van der Waals surface area contributed by atoms with Gasteiger partial charge in [-0.2, -0.15) is 0 Å². The Kier molecular flexibility index (Phi) is 6.31. The fourth-order valence-electron chi connectivity index (χ4n) is 4.95. The third-order valence-corrected chi connectivity index (χ3v) is 7.55. The Bertz CT molecular complexity index is 1570. The largest absolute Gasteiger partial charge is 0.149 e. The minimum absolute atomic E-state index is 0.913. The van der Waals surface area contributed by atoms with E-state index >= 15 is 0 Å². The van der Waals surface area contributed by atoms with Crippen LogP contribution < -0.4 is 0 Å². The van der Waals surface area contributed by atoms with E-state index in [1.807, 2.05) is 11.3 Å². The van der Waals surface area contributed by atoms with E-state index in [4.69, 9.17) is 0 Å². The number of benzene rings is 5. The van der Waals surface area contributed by atoms with Gasteiger partial charge in [0, 0.05) is 11.3 Å². The standard InChI is InChI=1S/C35H26S/c1-4-13-26(14-5-1)33(27-15-6-2-7-16-27)23-29-24-34(28-17-8-3-9-18-28)31-20-10-11-21-32(31)35(29)25-30-19-12-22-36-30/h1-24H,25H2. The van der Waals surface area contributed by atoms with Crippen molar-refractivity contribution in [2.45, 2.75) is 6.42 Å². The minimum atomic E-state index is 0.913. The third-order valence-electron chi connectivity index (χ3n) is 6.68. The lowest BCUT2D eigenvalue weighted by Gasteiger charge is -2.17. The van der Waals surface area contributed by atoms with Gasteiger partial charge in [0.2, 0.25) is 0 Å². The van der Waals surface area contributed by atoms with Gasteiger partial charge in [-0.05, 0) is 73.3 Å². The molecule has 0 radical (unpaired) electrons. The zero-order valence-corrected chi connectivity index (χ0v) is 20.8. The van der Waals surface area contributed by atoms with Crippen molar-refractivity contribution in [3.8, 4) is 11.1 Å². The molecule has 0 spiro atoms. The van der Waals surface area contributed by atoms with Crippen molar-refractivity contribution < 1.29 is 0 Å². The van der Waals surface area contributed by atoms with Crippen LogP contribution in [0, 0.1) is 0 Å². The number of thiophene rings is 1. The average Bonchev–Trinajstić information content (AvgIpc) is 3.47. The Hall–Kier alpha value is -4.20. The van der Waals surface area contributed by atoms with Crippen LogP contribution in [0.3, 0.4) is 0 Å². The van der Waals surface area contributed by atoms with Crippen molar-refractivity contribution >= 4 is 33.8 Å². The lowest BCUT2D eigenvalue weighted by Crippen LogP contribution is -1.97. The average molecular weight is 479 g/mol. The Labute approximate surface area is 216 Å². The maximum absolute atomic E-state index is 2.40. The van der Waals surface area contributed by atoms with Crippen LogP contribution in [0.25, 0.3) is 33.5 Å². The van der Waals surface area contributed by atoms with Crippen LogP contribution in [0.5, 0.6) is 0 Å². The van der Waals surface area contributed by atoms with E-state index in [0.29, 0.717) is 0 Å². The molecule has 0 saturated carbocycles. The molecule has 0 amide bonds. The molecule has 1 heterocycles. The predicted octanol–water partition coefficient (Wildman–Crippen LogP) is 9.75. The van der Waals surface area contributed by atoms with Gasteiger partial charge >= 0.3 is 0 Å². The maximum atomic E-state index is 2.40. The van der Waals surface area contributed by atoms with E-state index in [1.165, 1.54) is 54.6 Å². The molecule has 0 N–H and O–H groups in total. The molecule has 0 fully saturated rings. The molecule has 172 valence electrons. The van der Waals surface area contributed by atoms with Gasteiger partial charge in [-0.25, -0.2) is 0 Å². The van der Waals surface area contributed by atoms with Gasteiger partial charge in [0.15, 0.2) is 0 Å². The highest BCUT2D eigenvalue weighted by atomic mass is 32.1. The molecule has 0 saturated heterocycles. The third kappa shape index (κ3) is 4.54. The molecule has 0 unspecified atom stereocenters. The summed E-state index contributed by atoms with van der Waals surface area (Å²) in [6, 6.07) is 47.9. The highest BCUT2D eigenvalue weighted by Crippen LogP contribution is 2.37. The van der Waals surface area contributed by atoms with Gasteiger partial charge in [-0.15, -0.1) is 11.3 Å². The fraction of sp³-hybridized carbons (Fsp3) is 0.0286. The van der Waals surface area contributed by atoms with Crippen LogP contribution in [-0.4, -0.2) is 0 Å². The van der Waals surface area contributed by atoms with Gasteiger partial charge < -0.3 is 0 Å². The van der Waals surface area contributed by atoms with Crippen LogP contribution >= 0.6 is 11.3 Å². The first kappa shape index (κ1) is 22.3. The number of hydrogen-bond donors (Lipinski definition) is 0. The van der Waals surface area contributed by atoms with Crippen LogP contribution in [0.4, 0.5) is 0 Å². The lowest BCUT2D eigenvalue weighted by atomic mass is 9.87. The second kappa shape index (κ2) is 10.2. The topological polar surface area (TPSA) is 0 Å². The van der Waals surface area contributed by atoms with Crippen LogP contribution in [0.1, 0.15) is 27.1 Å². The van der Waals surface area contributed by atoms with E-state index in [2.05, 4.69) is 145 Å². The van der Waals surface area contributed by atoms with Gasteiger partial charge in [-0.3, -0.25) is 0 Å². The van der Waals surface area contributed by atoms with Crippen LogP contribution in [0.15, 0.2) is 139 Å². The minimum Gasteiger partial charge on any atom is -0.149 e. The molecule has 0 aliphatic heterocycles. The summed E-state index contributed by atoms with van der Waals surface area (Å²) in [4.78, 5) is 1.38. The summed E-state index contributed by atoms with van der Waals surface area (Å²) in [5, 5.41) is 4.79. The summed E-state index contributed by atoms with van der Waals surface area (Å²) in [7, 11) is 0. The monoisotopic (exact) mass is 478 g/mol. The van der Waals surface area contributed by atoms with Crippen LogP contribution in [0.2, 0.25) is 0 Å². The molecule has 0 atom stereocenters. The molecule has 0 bridgehead atoms. The molecule has 1 aromatic heterocycles. The Balaban J connectivity index is 1.66. The molecule has 1 heteroatoms. The SMILES string of the molecule is C(=C(c1ccccc1)c1ccccc1)c1cc(-c2ccccc2)c2ccccc2c1Cc1cccs1. The molecule has 0 nitrogen and oxygen atoms in total. The Morgan fingerprint density at radius 3 is 1.78 bits per heavy atom. The summed E-state index contributed by atoms with van der Waals surface area (Å²) in [5.41, 5.74) is 8.83. The predicted molar refractivity (Wildman–Crippen MR) is 156 cm³/mol. The molecule has 0 aliphatic carbocycles. The van der Waals surface area contributed by atoms with Gasteiger partial charge in [0.05, 0.1) is 0 Å². The quantitative estimate of drug-likeness (QED) is 0.209. The highest BCUT2D eigenvalue weighted by molar-refractivity contribution is 7.09. The highest BCUT2D eigenvalue weighted by Gasteiger charge is 2.15. The number of rotatable bonds is 6. The number of fused-ring (bicyclic) bond motifs is 1. The Morgan fingerprint density at radius 2 is 1.17 bits per heavy atom.